The van der Waals surface area contributed by atoms with Crippen LogP contribution in [0.4, 0.5) is 0 Å². The second-order valence-corrected chi connectivity index (χ2v) is 5.26. The molecule has 3 rings (SSSR count). The van der Waals surface area contributed by atoms with E-state index in [1.807, 2.05) is 30.3 Å². The molecule has 1 aliphatic heterocycles. The molecule has 0 radical (unpaired) electrons. The minimum Gasteiger partial charge on any atom is -0.493 e. The lowest BCUT2D eigenvalue weighted by Crippen LogP contribution is -2.20. The first-order valence-electron chi connectivity index (χ1n) is 6.66. The number of hydrogen-bond acceptors (Lipinski definition) is 3. The Morgan fingerprint density at radius 3 is 2.65 bits per heavy atom. The smallest absolute Gasteiger partial charge is 0.131 e. The van der Waals surface area contributed by atoms with Gasteiger partial charge >= 0.3 is 0 Å². The van der Waals surface area contributed by atoms with Crippen molar-refractivity contribution >= 4 is 11.6 Å². The fourth-order valence-electron chi connectivity index (χ4n) is 2.39. The van der Waals surface area contributed by atoms with Gasteiger partial charge in [-0.05, 0) is 48.9 Å². The average Bonchev–Trinajstić information content (AvgIpc) is 2.49. The number of fused-ring (bicyclic) bond motifs is 1. The number of nitrogens with two attached hydrogens (primary N) is 1. The van der Waals surface area contributed by atoms with Gasteiger partial charge in [0.25, 0.3) is 0 Å². The van der Waals surface area contributed by atoms with Gasteiger partial charge in [0.1, 0.15) is 17.2 Å². The fourth-order valence-corrected chi connectivity index (χ4v) is 2.52. The Kier molecular flexibility index (Phi) is 3.81. The molecule has 0 spiro atoms. The molecule has 0 saturated carbocycles. The van der Waals surface area contributed by atoms with Crippen molar-refractivity contribution in [2.24, 2.45) is 5.73 Å². The first-order chi connectivity index (χ1) is 9.76. The molecular formula is C16H16ClNO2. The third kappa shape index (κ3) is 2.74. The van der Waals surface area contributed by atoms with Crippen molar-refractivity contribution in [3.63, 3.8) is 0 Å². The fraction of sp³-hybridized carbons (Fsp3) is 0.250. The summed E-state index contributed by atoms with van der Waals surface area (Å²) in [6.07, 6.45) is 0.973. The summed E-state index contributed by atoms with van der Waals surface area (Å²) in [4.78, 5) is 0. The number of benzene rings is 2. The Morgan fingerprint density at radius 1 is 1.15 bits per heavy atom. The lowest BCUT2D eigenvalue weighted by molar-refractivity contribution is 0.267. The molecule has 1 atom stereocenters. The monoisotopic (exact) mass is 289 g/mol. The standard InChI is InChI=1S/C16H16ClNO2/c17-12-1-3-13(4-2-12)20-14-5-6-15-11(10-18)7-8-19-16(15)9-14/h1-6,9,11H,7-8,10,18H2. The van der Waals surface area contributed by atoms with E-state index >= 15 is 0 Å². The van der Waals surface area contributed by atoms with Gasteiger partial charge in [-0.3, -0.25) is 0 Å². The molecule has 0 saturated heterocycles. The van der Waals surface area contributed by atoms with E-state index in [0.717, 1.165) is 23.7 Å². The Bertz CT molecular complexity index is 598. The second kappa shape index (κ2) is 5.73. The molecule has 2 aromatic carbocycles. The third-order valence-corrected chi connectivity index (χ3v) is 3.73. The van der Waals surface area contributed by atoms with Crippen molar-refractivity contribution < 1.29 is 9.47 Å². The van der Waals surface area contributed by atoms with Gasteiger partial charge in [-0.1, -0.05) is 17.7 Å². The van der Waals surface area contributed by atoms with Crippen LogP contribution in [0.15, 0.2) is 42.5 Å². The van der Waals surface area contributed by atoms with Crippen LogP contribution in [0.2, 0.25) is 5.02 Å². The molecular weight excluding hydrogens is 274 g/mol. The maximum atomic E-state index is 5.85. The van der Waals surface area contributed by atoms with Crippen LogP contribution in [0.1, 0.15) is 17.9 Å². The summed E-state index contributed by atoms with van der Waals surface area (Å²) < 4.78 is 11.5. The van der Waals surface area contributed by atoms with Gasteiger partial charge in [0, 0.05) is 17.0 Å². The van der Waals surface area contributed by atoms with Crippen LogP contribution in [0, 0.1) is 0 Å². The molecule has 1 heterocycles. The van der Waals surface area contributed by atoms with Crippen LogP contribution in [-0.2, 0) is 0 Å². The number of ether oxygens (including phenoxy) is 2. The number of hydrogen-bond donors (Lipinski definition) is 1. The van der Waals surface area contributed by atoms with Crippen molar-refractivity contribution in [1.29, 1.82) is 0 Å². The van der Waals surface area contributed by atoms with E-state index in [1.165, 1.54) is 5.56 Å². The molecule has 0 bridgehead atoms. The van der Waals surface area contributed by atoms with E-state index in [9.17, 15) is 0 Å². The van der Waals surface area contributed by atoms with E-state index in [4.69, 9.17) is 26.8 Å². The molecule has 4 heteroatoms. The second-order valence-electron chi connectivity index (χ2n) is 4.83. The SMILES string of the molecule is NCC1CCOc2cc(Oc3ccc(Cl)cc3)ccc21. The lowest BCUT2D eigenvalue weighted by atomic mass is 9.93. The summed E-state index contributed by atoms with van der Waals surface area (Å²) in [6.45, 7) is 1.35. The normalized spacial score (nSPS) is 17.2. The minimum atomic E-state index is 0.378. The summed E-state index contributed by atoms with van der Waals surface area (Å²) in [5.74, 6) is 2.76. The predicted octanol–water partition coefficient (Wildman–Crippen LogP) is 3.96. The summed E-state index contributed by atoms with van der Waals surface area (Å²) in [5, 5.41) is 0.692. The van der Waals surface area contributed by atoms with Crippen molar-refractivity contribution in [3.05, 3.63) is 53.1 Å². The molecule has 20 heavy (non-hydrogen) atoms. The Balaban J connectivity index is 1.83. The first-order valence-corrected chi connectivity index (χ1v) is 7.04. The largest absolute Gasteiger partial charge is 0.493 e. The van der Waals surface area contributed by atoms with E-state index in [1.54, 1.807) is 12.1 Å². The van der Waals surface area contributed by atoms with Crippen molar-refractivity contribution in [2.75, 3.05) is 13.2 Å². The Hall–Kier alpha value is -1.71. The van der Waals surface area contributed by atoms with Crippen molar-refractivity contribution in [1.82, 2.24) is 0 Å². The van der Waals surface area contributed by atoms with Gasteiger partial charge in [-0.2, -0.15) is 0 Å². The summed E-state index contributed by atoms with van der Waals surface area (Å²) in [6, 6.07) is 13.2. The van der Waals surface area contributed by atoms with Crippen LogP contribution < -0.4 is 15.2 Å². The van der Waals surface area contributed by atoms with Crippen LogP contribution in [0.5, 0.6) is 17.2 Å². The third-order valence-electron chi connectivity index (χ3n) is 3.48. The number of rotatable bonds is 3. The molecule has 0 amide bonds. The highest BCUT2D eigenvalue weighted by atomic mass is 35.5. The van der Waals surface area contributed by atoms with Gasteiger partial charge < -0.3 is 15.2 Å². The highest BCUT2D eigenvalue weighted by Crippen LogP contribution is 2.36. The van der Waals surface area contributed by atoms with Gasteiger partial charge in [0.15, 0.2) is 0 Å². The van der Waals surface area contributed by atoms with Gasteiger partial charge in [0.2, 0.25) is 0 Å². The molecule has 1 unspecified atom stereocenters. The molecule has 0 aliphatic carbocycles. The molecule has 104 valence electrons. The maximum Gasteiger partial charge on any atom is 0.131 e. The predicted molar refractivity (Wildman–Crippen MR) is 79.9 cm³/mol. The van der Waals surface area contributed by atoms with Gasteiger partial charge in [-0.15, -0.1) is 0 Å². The van der Waals surface area contributed by atoms with Crippen molar-refractivity contribution in [2.45, 2.75) is 12.3 Å². The van der Waals surface area contributed by atoms with Gasteiger partial charge in [-0.25, -0.2) is 0 Å². The highest BCUT2D eigenvalue weighted by Gasteiger charge is 2.20. The summed E-state index contributed by atoms with van der Waals surface area (Å²) in [5.41, 5.74) is 6.96. The first kappa shape index (κ1) is 13.3. The molecule has 0 fully saturated rings. The number of halogens is 1. The molecule has 2 N–H and O–H groups in total. The molecule has 0 aromatic heterocycles. The van der Waals surface area contributed by atoms with Crippen LogP contribution in [0.3, 0.4) is 0 Å². The molecule has 2 aromatic rings. The zero-order valence-corrected chi connectivity index (χ0v) is 11.8. The zero-order valence-electron chi connectivity index (χ0n) is 11.0. The van der Waals surface area contributed by atoms with Crippen LogP contribution in [-0.4, -0.2) is 13.2 Å². The molecule has 3 nitrogen and oxygen atoms in total. The van der Waals surface area contributed by atoms with E-state index < -0.39 is 0 Å². The Morgan fingerprint density at radius 2 is 1.90 bits per heavy atom. The lowest BCUT2D eigenvalue weighted by Gasteiger charge is -2.25. The highest BCUT2D eigenvalue weighted by molar-refractivity contribution is 6.30. The maximum absolute atomic E-state index is 5.85. The quantitative estimate of drug-likeness (QED) is 0.930. The van der Waals surface area contributed by atoms with E-state index in [2.05, 4.69) is 0 Å². The van der Waals surface area contributed by atoms with Crippen LogP contribution in [0.25, 0.3) is 0 Å². The average molecular weight is 290 g/mol. The summed E-state index contributed by atoms with van der Waals surface area (Å²) >= 11 is 5.85. The zero-order chi connectivity index (χ0) is 13.9. The summed E-state index contributed by atoms with van der Waals surface area (Å²) in [7, 11) is 0. The van der Waals surface area contributed by atoms with Crippen LogP contribution >= 0.6 is 11.6 Å². The van der Waals surface area contributed by atoms with E-state index in [0.29, 0.717) is 24.1 Å². The topological polar surface area (TPSA) is 44.5 Å². The molecule has 1 aliphatic rings. The van der Waals surface area contributed by atoms with Gasteiger partial charge in [0.05, 0.1) is 6.61 Å². The minimum absolute atomic E-state index is 0.378. The Labute approximate surface area is 123 Å². The van der Waals surface area contributed by atoms with E-state index in [-0.39, 0.29) is 0 Å². The van der Waals surface area contributed by atoms with Crippen molar-refractivity contribution in [3.8, 4) is 17.2 Å².